The zero-order chi connectivity index (χ0) is 41.1. The fourth-order valence-electron chi connectivity index (χ4n) is 10.6. The van der Waals surface area contributed by atoms with Gasteiger partial charge in [0.15, 0.2) is 6.17 Å². The van der Waals surface area contributed by atoms with E-state index >= 15 is 0 Å². The quantitative estimate of drug-likeness (QED) is 0.170. The van der Waals surface area contributed by atoms with Crippen LogP contribution in [0, 0.1) is 0 Å². The molecule has 10 aromatic rings. The van der Waals surface area contributed by atoms with Crippen molar-refractivity contribution in [2.45, 2.75) is 24.9 Å². The molecule has 294 valence electrons. The predicted molar refractivity (Wildman–Crippen MR) is 256 cm³/mol. The van der Waals surface area contributed by atoms with Gasteiger partial charge in [-0.2, -0.15) is 0 Å². The standard InChI is InChI=1S/C55H38N6S/c1-2-49-57-45-23-13-14-24-46(45)61(49)34-25-26-42-37(29-34)35-19-9-11-21-40(35)55(42)41-22-12-10-20-36(41)50-43(55)27-28-47-51(50)39-30-38(44(56)31-48(39)62-47)54-59-52(32-15-5-3-6-16-32)58-53(60-54)33-17-7-4-8-18-33/h3-31,52H,2,56H2,1H3,(H,58,59,60). The smallest absolute Gasteiger partial charge is 0.169 e. The summed E-state index contributed by atoms with van der Waals surface area (Å²) in [6.45, 7) is 2.19. The number of fused-ring (bicyclic) bond motifs is 15. The molecule has 0 saturated carbocycles. The normalized spacial score (nSPS) is 17.1. The second-order valence-corrected chi connectivity index (χ2v) is 17.5. The molecular weight excluding hydrogens is 777 g/mol. The molecular formula is C55H38N6S. The monoisotopic (exact) mass is 814 g/mol. The van der Waals surface area contributed by atoms with Crippen molar-refractivity contribution < 1.29 is 0 Å². The van der Waals surface area contributed by atoms with E-state index in [0.29, 0.717) is 11.5 Å². The fourth-order valence-corrected chi connectivity index (χ4v) is 11.7. The van der Waals surface area contributed by atoms with Crippen LogP contribution in [0.1, 0.15) is 57.9 Å². The first-order chi connectivity index (χ1) is 30.6. The number of nitrogens with two attached hydrogens (primary N) is 1. The number of anilines is 1. The number of aliphatic imine (C=N–C) groups is 2. The van der Waals surface area contributed by atoms with E-state index < -0.39 is 11.6 Å². The lowest BCUT2D eigenvalue weighted by molar-refractivity contribution is 0.756. The number of imidazole rings is 1. The number of amidine groups is 2. The van der Waals surface area contributed by atoms with Crippen LogP contribution >= 0.6 is 11.3 Å². The van der Waals surface area contributed by atoms with E-state index in [0.717, 1.165) is 56.2 Å². The Labute approximate surface area is 362 Å². The van der Waals surface area contributed by atoms with Crippen LogP contribution in [-0.4, -0.2) is 21.2 Å². The second-order valence-electron chi connectivity index (χ2n) is 16.4. The molecule has 3 aliphatic rings. The van der Waals surface area contributed by atoms with Gasteiger partial charge in [-0.15, -0.1) is 11.3 Å². The van der Waals surface area contributed by atoms with Crippen LogP contribution in [0.15, 0.2) is 186 Å². The summed E-state index contributed by atoms with van der Waals surface area (Å²) in [7, 11) is 0. The van der Waals surface area contributed by atoms with E-state index in [-0.39, 0.29) is 0 Å². The van der Waals surface area contributed by atoms with Gasteiger partial charge in [0.25, 0.3) is 0 Å². The molecule has 2 unspecified atom stereocenters. The summed E-state index contributed by atoms with van der Waals surface area (Å²) in [5, 5.41) is 6.03. The molecule has 1 aliphatic heterocycles. The summed E-state index contributed by atoms with van der Waals surface area (Å²) in [4.78, 5) is 15.4. The predicted octanol–water partition coefficient (Wildman–Crippen LogP) is 12.4. The van der Waals surface area contributed by atoms with Gasteiger partial charge in [-0.25, -0.2) is 15.0 Å². The third-order valence-corrected chi connectivity index (χ3v) is 14.3. The van der Waals surface area contributed by atoms with Crippen molar-refractivity contribution in [1.82, 2.24) is 14.9 Å². The Morgan fingerprint density at radius 2 is 1.29 bits per heavy atom. The van der Waals surface area contributed by atoms with Crippen molar-refractivity contribution in [2.24, 2.45) is 9.98 Å². The number of thiophene rings is 1. The molecule has 2 aliphatic carbocycles. The lowest BCUT2D eigenvalue weighted by Crippen LogP contribution is -2.36. The Morgan fingerprint density at radius 3 is 2.11 bits per heavy atom. The minimum absolute atomic E-state index is 0.419. The maximum absolute atomic E-state index is 7.03. The number of nitrogen functional groups attached to an aromatic ring is 1. The lowest BCUT2D eigenvalue weighted by Gasteiger charge is -2.30. The van der Waals surface area contributed by atoms with E-state index in [2.05, 4.69) is 156 Å². The van der Waals surface area contributed by atoms with Crippen LogP contribution in [0.2, 0.25) is 0 Å². The number of rotatable bonds is 5. The van der Waals surface area contributed by atoms with Crippen molar-refractivity contribution in [3.05, 3.63) is 221 Å². The fraction of sp³-hybridized carbons (Fsp3) is 0.0727. The Bertz CT molecular complexity index is 3560. The zero-order valence-electron chi connectivity index (χ0n) is 33.8. The first kappa shape index (κ1) is 35.2. The van der Waals surface area contributed by atoms with Crippen LogP contribution in [0.5, 0.6) is 0 Å². The summed E-state index contributed by atoms with van der Waals surface area (Å²) in [5.41, 5.74) is 23.7. The lowest BCUT2D eigenvalue weighted by atomic mass is 9.70. The molecule has 1 spiro atoms. The van der Waals surface area contributed by atoms with E-state index in [1.54, 1.807) is 11.3 Å². The number of hydrogen-bond acceptors (Lipinski definition) is 6. The third kappa shape index (κ3) is 4.82. The van der Waals surface area contributed by atoms with Gasteiger partial charge in [-0.1, -0.05) is 140 Å². The minimum atomic E-state index is -0.501. The van der Waals surface area contributed by atoms with Crippen molar-refractivity contribution in [1.29, 1.82) is 0 Å². The first-order valence-electron chi connectivity index (χ1n) is 21.2. The van der Waals surface area contributed by atoms with E-state index in [1.165, 1.54) is 60.0 Å². The van der Waals surface area contributed by atoms with Gasteiger partial charge in [0.2, 0.25) is 0 Å². The highest BCUT2D eigenvalue weighted by atomic mass is 32.1. The van der Waals surface area contributed by atoms with Gasteiger partial charge >= 0.3 is 0 Å². The number of para-hydroxylation sites is 2. The summed E-state index contributed by atoms with van der Waals surface area (Å²) in [5.74, 6) is 2.54. The molecule has 3 N–H and O–H groups in total. The number of hydrogen-bond donors (Lipinski definition) is 2. The number of nitrogens with one attached hydrogen (secondary N) is 1. The molecule has 8 aromatic carbocycles. The number of benzene rings is 8. The summed E-state index contributed by atoms with van der Waals surface area (Å²) < 4.78 is 4.72. The average molecular weight is 815 g/mol. The molecule has 0 bridgehead atoms. The van der Waals surface area contributed by atoms with Crippen molar-refractivity contribution >= 4 is 59.9 Å². The number of aryl methyl sites for hydroxylation is 1. The number of nitrogens with zero attached hydrogens (tertiary/aromatic N) is 4. The van der Waals surface area contributed by atoms with Gasteiger partial charge in [-0.05, 0) is 92.5 Å². The molecule has 3 heterocycles. The molecule has 2 atom stereocenters. The maximum atomic E-state index is 7.03. The van der Waals surface area contributed by atoms with Crippen LogP contribution in [-0.2, 0) is 11.8 Å². The van der Waals surface area contributed by atoms with Crippen LogP contribution < -0.4 is 11.1 Å². The minimum Gasteiger partial charge on any atom is -0.398 e. The summed E-state index contributed by atoms with van der Waals surface area (Å²) >= 11 is 1.80. The molecule has 13 rings (SSSR count). The zero-order valence-corrected chi connectivity index (χ0v) is 34.6. The van der Waals surface area contributed by atoms with Gasteiger partial charge in [0, 0.05) is 49.1 Å². The Hall–Kier alpha value is -7.61. The van der Waals surface area contributed by atoms with Crippen LogP contribution in [0.3, 0.4) is 0 Å². The van der Waals surface area contributed by atoms with Gasteiger partial charge < -0.3 is 11.1 Å². The molecule has 0 radical (unpaired) electrons. The second kappa shape index (κ2) is 13.2. The van der Waals surface area contributed by atoms with E-state index in [9.17, 15) is 0 Å². The topological polar surface area (TPSA) is 80.6 Å². The molecule has 0 amide bonds. The molecule has 7 heteroatoms. The summed E-state index contributed by atoms with van der Waals surface area (Å²) in [6, 6.07) is 63.3. The van der Waals surface area contributed by atoms with Gasteiger partial charge in [-0.3, -0.25) is 4.57 Å². The number of aromatic nitrogens is 2. The Balaban J connectivity index is 1.03. The average Bonchev–Trinajstić information content (AvgIpc) is 4.06. The van der Waals surface area contributed by atoms with Crippen molar-refractivity contribution in [3.8, 4) is 27.9 Å². The molecule has 2 aromatic heterocycles. The first-order valence-corrected chi connectivity index (χ1v) is 22.1. The van der Waals surface area contributed by atoms with E-state index in [1.807, 2.05) is 36.4 Å². The molecule has 6 nitrogen and oxygen atoms in total. The van der Waals surface area contributed by atoms with E-state index in [4.69, 9.17) is 20.7 Å². The summed E-state index contributed by atoms with van der Waals surface area (Å²) in [6.07, 6.45) is 0.418. The van der Waals surface area contributed by atoms with Crippen molar-refractivity contribution in [3.63, 3.8) is 0 Å². The van der Waals surface area contributed by atoms with Crippen LogP contribution in [0.4, 0.5) is 5.69 Å². The Kier molecular flexibility index (Phi) is 7.49. The van der Waals surface area contributed by atoms with Gasteiger partial charge in [0.05, 0.1) is 16.4 Å². The van der Waals surface area contributed by atoms with Crippen LogP contribution in [0.25, 0.3) is 59.1 Å². The molecule has 0 fully saturated rings. The van der Waals surface area contributed by atoms with Crippen molar-refractivity contribution in [2.75, 3.05) is 5.73 Å². The Morgan fingerprint density at radius 1 is 0.613 bits per heavy atom. The molecule has 0 saturated heterocycles. The molecule has 62 heavy (non-hydrogen) atoms. The largest absolute Gasteiger partial charge is 0.398 e. The highest BCUT2D eigenvalue weighted by Crippen LogP contribution is 2.64. The maximum Gasteiger partial charge on any atom is 0.169 e. The SMILES string of the molecule is CCc1nc2ccccc2n1-c1ccc2c(c1)-c1ccccc1C21c2ccccc2-c2c1ccc1sc3cc(N)c(C4=NC(c5ccccc5)N=C(c5ccccc5)N4)cc3c21. The third-order valence-electron chi connectivity index (χ3n) is 13.2. The van der Waals surface area contributed by atoms with Gasteiger partial charge in [0.1, 0.15) is 17.5 Å². The highest BCUT2D eigenvalue weighted by molar-refractivity contribution is 7.26. The highest BCUT2D eigenvalue weighted by Gasteiger charge is 2.52.